The van der Waals surface area contributed by atoms with E-state index in [-0.39, 0.29) is 17.7 Å². The molecule has 1 unspecified atom stereocenters. The Morgan fingerprint density at radius 1 is 0.750 bits per heavy atom. The second-order valence-electron chi connectivity index (χ2n) is 9.81. The average molecular weight is 591 g/mol. The van der Waals surface area contributed by atoms with Crippen LogP contribution in [0.4, 0.5) is 0 Å². The van der Waals surface area contributed by atoms with E-state index >= 15 is 0 Å². The van der Waals surface area contributed by atoms with Crippen LogP contribution in [0.5, 0.6) is 0 Å². The van der Waals surface area contributed by atoms with Crippen molar-refractivity contribution in [2.45, 2.75) is 58.3 Å². The van der Waals surface area contributed by atoms with Gasteiger partial charge in [-0.05, 0) is 37.1 Å². The zero-order chi connectivity index (χ0) is 28.9. The van der Waals surface area contributed by atoms with Crippen LogP contribution in [0.25, 0.3) is 0 Å². The van der Waals surface area contributed by atoms with Crippen molar-refractivity contribution in [3.63, 3.8) is 0 Å². The van der Waals surface area contributed by atoms with Gasteiger partial charge in [-0.1, -0.05) is 66.7 Å². The minimum atomic E-state index is -5.14. The van der Waals surface area contributed by atoms with E-state index in [9.17, 15) is 27.0 Å². The van der Waals surface area contributed by atoms with E-state index in [1.165, 1.54) is 50.2 Å². The van der Waals surface area contributed by atoms with Gasteiger partial charge in [0.25, 0.3) is 4.93 Å². The number of sulfone groups is 2. The van der Waals surface area contributed by atoms with E-state index in [1.54, 1.807) is 42.5 Å². The first-order chi connectivity index (χ1) is 18.9. The molecule has 0 aliphatic carbocycles. The number of benzene rings is 3. The van der Waals surface area contributed by atoms with Gasteiger partial charge < -0.3 is 29.2 Å². The van der Waals surface area contributed by atoms with E-state index in [1.807, 2.05) is 0 Å². The van der Waals surface area contributed by atoms with Gasteiger partial charge in [-0.2, -0.15) is 0 Å². The maximum absolute atomic E-state index is 14.6. The van der Waals surface area contributed by atoms with Crippen LogP contribution in [-0.4, -0.2) is 69.1 Å². The molecule has 12 heteroatoms. The SMILES string of the molecule is CO[C@H]1O[C@@H]2COC(c3ccccc3)O[C@@H]2[C@@](O)(S(=O)(=O)c2ccccc2C)[C@]1(O)S(=O)(=O)c1ccccc1C. The quantitative estimate of drug-likeness (QED) is 0.439. The highest BCUT2D eigenvalue weighted by molar-refractivity contribution is 7.97. The van der Waals surface area contributed by atoms with Crippen LogP contribution >= 0.6 is 0 Å². The predicted octanol–water partition coefficient (Wildman–Crippen LogP) is 2.41. The normalized spacial score (nSPS) is 30.9. The molecule has 2 heterocycles. The number of aliphatic hydroxyl groups is 2. The highest BCUT2D eigenvalue weighted by atomic mass is 32.2. The van der Waals surface area contributed by atoms with Gasteiger partial charge in [0.15, 0.2) is 6.29 Å². The first-order valence-electron chi connectivity index (χ1n) is 12.5. The molecule has 6 atom stereocenters. The van der Waals surface area contributed by atoms with Crippen LogP contribution in [0.3, 0.4) is 0 Å². The van der Waals surface area contributed by atoms with Gasteiger partial charge in [0.1, 0.15) is 12.2 Å². The van der Waals surface area contributed by atoms with E-state index in [0.29, 0.717) is 5.56 Å². The van der Waals surface area contributed by atoms with Crippen molar-refractivity contribution in [2.75, 3.05) is 13.7 Å². The summed E-state index contributed by atoms with van der Waals surface area (Å²) < 4.78 is 80.8. The van der Waals surface area contributed by atoms with E-state index in [4.69, 9.17) is 18.9 Å². The molecule has 0 radical (unpaired) electrons. The summed E-state index contributed by atoms with van der Waals surface area (Å²) in [7, 11) is -9.24. The Morgan fingerprint density at radius 2 is 1.25 bits per heavy atom. The summed E-state index contributed by atoms with van der Waals surface area (Å²) in [4.78, 5) is -7.93. The topological polar surface area (TPSA) is 146 Å². The van der Waals surface area contributed by atoms with Gasteiger partial charge >= 0.3 is 0 Å². The number of aryl methyl sites for hydroxylation is 2. The molecule has 0 bridgehead atoms. The molecule has 2 fully saturated rings. The van der Waals surface area contributed by atoms with E-state index in [2.05, 4.69) is 0 Å². The molecule has 0 aromatic heterocycles. The standard InChI is InChI=1S/C28H30O10S2/c1-18-11-7-9-15-22(18)39(31,32)27(29)24-21(17-36-25(38-24)20-13-5-4-6-14-20)37-26(35-3)28(27,30)40(33,34)23-16-10-8-12-19(23)2/h4-16,21,24-26,29-30H,17H2,1-3H3/t21-,24+,25?,26+,27-,28-/m1/s1. The summed E-state index contributed by atoms with van der Waals surface area (Å²) in [6.45, 7) is 2.68. The van der Waals surface area contributed by atoms with Crippen LogP contribution in [0.2, 0.25) is 0 Å². The predicted molar refractivity (Wildman–Crippen MR) is 142 cm³/mol. The largest absolute Gasteiger partial charge is 0.369 e. The van der Waals surface area contributed by atoms with Crippen molar-refractivity contribution >= 4 is 19.7 Å². The first kappa shape index (κ1) is 28.8. The van der Waals surface area contributed by atoms with Crippen LogP contribution in [0.1, 0.15) is 23.0 Å². The fraction of sp³-hybridized carbons (Fsp3) is 0.357. The summed E-state index contributed by atoms with van der Waals surface area (Å²) in [6.07, 6.45) is -6.61. The fourth-order valence-electron chi connectivity index (χ4n) is 5.32. The Morgan fingerprint density at radius 3 is 1.77 bits per heavy atom. The molecule has 5 rings (SSSR count). The lowest BCUT2D eigenvalue weighted by molar-refractivity contribution is -0.376. The van der Waals surface area contributed by atoms with Crippen molar-refractivity contribution < 1.29 is 46.0 Å². The maximum atomic E-state index is 14.6. The molecular weight excluding hydrogens is 560 g/mol. The molecule has 10 nitrogen and oxygen atoms in total. The Hall–Kier alpha value is -2.68. The lowest BCUT2D eigenvalue weighted by Gasteiger charge is -2.55. The molecular formula is C28H30O10S2. The van der Waals surface area contributed by atoms with Crippen molar-refractivity contribution in [1.29, 1.82) is 0 Å². The molecule has 40 heavy (non-hydrogen) atoms. The van der Waals surface area contributed by atoms with Crippen LogP contribution in [0, 0.1) is 13.8 Å². The Bertz CT molecular complexity index is 1610. The van der Waals surface area contributed by atoms with Gasteiger partial charge in [-0.15, -0.1) is 0 Å². The third-order valence-electron chi connectivity index (χ3n) is 7.41. The summed E-state index contributed by atoms with van der Waals surface area (Å²) >= 11 is 0. The smallest absolute Gasteiger partial charge is 0.268 e. The maximum Gasteiger partial charge on any atom is 0.268 e. The van der Waals surface area contributed by atoms with Crippen molar-refractivity contribution in [2.24, 2.45) is 0 Å². The number of ether oxygens (including phenoxy) is 4. The summed E-state index contributed by atoms with van der Waals surface area (Å²) in [5, 5.41) is 24.9. The minimum Gasteiger partial charge on any atom is -0.369 e. The first-order valence-corrected chi connectivity index (χ1v) is 15.4. The second kappa shape index (κ2) is 10.3. The molecule has 0 spiro atoms. The molecule has 2 aliphatic rings. The van der Waals surface area contributed by atoms with Crippen LogP contribution in [-0.2, 0) is 38.6 Å². The fourth-order valence-corrected chi connectivity index (χ4v) is 10.1. The summed E-state index contributed by atoms with van der Waals surface area (Å²) in [6, 6.07) is 19.9. The van der Waals surface area contributed by atoms with Crippen molar-refractivity contribution in [1.82, 2.24) is 0 Å². The van der Waals surface area contributed by atoms with Gasteiger partial charge in [0, 0.05) is 12.7 Å². The highest BCUT2D eigenvalue weighted by Crippen LogP contribution is 2.53. The number of rotatable bonds is 6. The molecule has 2 N–H and O–H groups in total. The molecule has 3 aromatic carbocycles. The van der Waals surface area contributed by atoms with Gasteiger partial charge in [0.05, 0.1) is 16.4 Å². The minimum absolute atomic E-state index is 0.207. The summed E-state index contributed by atoms with van der Waals surface area (Å²) in [5.41, 5.74) is 0.907. The molecule has 2 aliphatic heterocycles. The molecule has 3 aromatic rings. The van der Waals surface area contributed by atoms with Gasteiger partial charge in [-0.3, -0.25) is 0 Å². The Labute approximate surface area is 232 Å². The summed E-state index contributed by atoms with van der Waals surface area (Å²) in [5.74, 6) is 0. The average Bonchev–Trinajstić information content (AvgIpc) is 2.95. The molecule has 2 saturated heterocycles. The molecule has 0 amide bonds. The Kier molecular flexibility index (Phi) is 7.43. The number of hydrogen-bond donors (Lipinski definition) is 2. The van der Waals surface area contributed by atoms with E-state index < -0.39 is 64.1 Å². The third kappa shape index (κ3) is 4.05. The number of methoxy groups -OCH3 is 1. The van der Waals surface area contributed by atoms with Crippen LogP contribution < -0.4 is 0 Å². The number of fused-ring (bicyclic) bond motifs is 1. The van der Waals surface area contributed by atoms with Crippen LogP contribution in [0.15, 0.2) is 88.7 Å². The number of hydrogen-bond acceptors (Lipinski definition) is 10. The highest BCUT2D eigenvalue weighted by Gasteiger charge is 2.79. The molecule has 214 valence electrons. The zero-order valence-corrected chi connectivity index (χ0v) is 23.6. The lowest BCUT2D eigenvalue weighted by Crippen LogP contribution is -2.80. The van der Waals surface area contributed by atoms with Gasteiger partial charge in [-0.25, -0.2) is 16.8 Å². The second-order valence-corrected chi connectivity index (χ2v) is 13.9. The lowest BCUT2D eigenvalue weighted by atomic mass is 9.96. The monoisotopic (exact) mass is 590 g/mol. The van der Waals surface area contributed by atoms with Crippen molar-refractivity contribution in [3.8, 4) is 0 Å². The molecule has 0 saturated carbocycles. The third-order valence-corrected chi connectivity index (χ3v) is 12.3. The van der Waals surface area contributed by atoms with Crippen molar-refractivity contribution in [3.05, 3.63) is 95.6 Å². The van der Waals surface area contributed by atoms with E-state index in [0.717, 1.165) is 7.11 Å². The zero-order valence-electron chi connectivity index (χ0n) is 22.0. The Balaban J connectivity index is 1.81. The van der Waals surface area contributed by atoms with Gasteiger partial charge in [0.2, 0.25) is 30.9 Å².